The van der Waals surface area contributed by atoms with E-state index in [-0.39, 0.29) is 32.1 Å². The van der Waals surface area contributed by atoms with Crippen molar-refractivity contribution in [2.24, 2.45) is 11.5 Å². The SMILES string of the molecule is C[C@H](NC(=O)[C@H](Cc1c[nH]c2ccccc12)NC(=O)[C@H](Cc1cnc[nH]1)NC(=O)[C@H](N)[C@@H](C)O)C(=O)N[C@@H](Cc1c[nH]c2ccccc12)C(=O)N[C@@H](Cc1ccccc1)C(=O)N[C@@H](CCCCN)C(=O)O. The number of carbonyl (C=O) groups is 7. The number of aliphatic carboxylic acids is 1. The third kappa shape index (κ3) is 14.6. The first-order chi connectivity index (χ1) is 34.1. The molecule has 0 aliphatic heterocycles. The molecule has 3 aromatic heterocycles. The third-order valence-corrected chi connectivity index (χ3v) is 12.1. The number of amides is 6. The Kier molecular flexibility index (Phi) is 18.6. The van der Waals surface area contributed by atoms with Crippen LogP contribution in [0.4, 0.5) is 0 Å². The molecule has 0 saturated heterocycles. The van der Waals surface area contributed by atoms with Crippen molar-refractivity contribution in [1.82, 2.24) is 51.8 Å². The van der Waals surface area contributed by atoms with E-state index in [1.807, 2.05) is 48.5 Å². The highest BCUT2D eigenvalue weighted by molar-refractivity contribution is 5.98. The van der Waals surface area contributed by atoms with E-state index in [0.717, 1.165) is 21.8 Å². The minimum atomic E-state index is -1.37. The van der Waals surface area contributed by atoms with Gasteiger partial charge in [-0.1, -0.05) is 66.7 Å². The Morgan fingerprint density at radius 2 is 1.06 bits per heavy atom. The molecule has 0 fully saturated rings. The van der Waals surface area contributed by atoms with Crippen LogP contribution in [-0.4, -0.2) is 127 Å². The predicted octanol–water partition coefficient (Wildman–Crippen LogP) is 0.493. The van der Waals surface area contributed by atoms with E-state index in [0.29, 0.717) is 41.8 Å². The van der Waals surface area contributed by atoms with Crippen LogP contribution in [0.2, 0.25) is 0 Å². The van der Waals surface area contributed by atoms with Gasteiger partial charge in [0.1, 0.15) is 42.3 Å². The quantitative estimate of drug-likeness (QED) is 0.0331. The van der Waals surface area contributed by atoms with E-state index in [2.05, 4.69) is 51.8 Å². The van der Waals surface area contributed by atoms with Gasteiger partial charge in [0.15, 0.2) is 0 Å². The molecular weight excluding hydrogens is 913 g/mol. The van der Waals surface area contributed by atoms with E-state index >= 15 is 0 Å². The molecule has 71 heavy (non-hydrogen) atoms. The topological polar surface area (TPSA) is 344 Å². The van der Waals surface area contributed by atoms with Crippen molar-refractivity contribution < 1.29 is 43.8 Å². The average Bonchev–Trinajstić information content (AvgIpc) is 4.13. The summed E-state index contributed by atoms with van der Waals surface area (Å²) in [5.74, 6) is -5.93. The lowest BCUT2D eigenvalue weighted by Crippen LogP contribution is -2.60. The first-order valence-corrected chi connectivity index (χ1v) is 23.4. The molecule has 0 radical (unpaired) electrons. The smallest absolute Gasteiger partial charge is 0.326 e. The molecule has 6 amide bonds. The number of nitrogens with one attached hydrogen (secondary N) is 9. The number of imidazole rings is 1. The van der Waals surface area contributed by atoms with Crippen molar-refractivity contribution in [3.05, 3.63) is 126 Å². The van der Waals surface area contributed by atoms with Gasteiger partial charge in [-0.3, -0.25) is 28.8 Å². The lowest BCUT2D eigenvalue weighted by molar-refractivity contribution is -0.142. The molecule has 8 atom stereocenters. The van der Waals surface area contributed by atoms with Crippen molar-refractivity contribution in [3.63, 3.8) is 0 Å². The highest BCUT2D eigenvalue weighted by Crippen LogP contribution is 2.21. The van der Waals surface area contributed by atoms with Gasteiger partial charge in [-0.2, -0.15) is 0 Å². The zero-order chi connectivity index (χ0) is 51.0. The Morgan fingerprint density at radius 3 is 1.58 bits per heavy atom. The van der Waals surface area contributed by atoms with E-state index in [4.69, 9.17) is 11.5 Å². The van der Waals surface area contributed by atoms with Gasteiger partial charge in [-0.05, 0) is 68.5 Å². The fourth-order valence-corrected chi connectivity index (χ4v) is 8.07. The maximum Gasteiger partial charge on any atom is 0.326 e. The normalized spacial score (nSPS) is 14.7. The summed E-state index contributed by atoms with van der Waals surface area (Å²) in [7, 11) is 0. The van der Waals surface area contributed by atoms with E-state index in [1.54, 1.807) is 42.7 Å². The number of nitrogens with two attached hydrogens (primary N) is 2. The number of carbonyl (C=O) groups excluding carboxylic acids is 6. The van der Waals surface area contributed by atoms with Crippen LogP contribution in [-0.2, 0) is 59.2 Å². The highest BCUT2D eigenvalue weighted by Gasteiger charge is 2.34. The van der Waals surface area contributed by atoms with Crippen LogP contribution < -0.4 is 43.4 Å². The molecule has 0 spiro atoms. The molecule has 21 heteroatoms. The van der Waals surface area contributed by atoms with Gasteiger partial charge in [0.05, 0.1) is 12.4 Å². The first-order valence-electron chi connectivity index (χ1n) is 23.4. The molecule has 376 valence electrons. The first kappa shape index (κ1) is 52.5. The van der Waals surface area contributed by atoms with E-state index in [1.165, 1.54) is 26.4 Å². The summed E-state index contributed by atoms with van der Waals surface area (Å²) in [5, 5.41) is 37.6. The van der Waals surface area contributed by atoms with Crippen LogP contribution in [0.1, 0.15) is 55.5 Å². The number of hydrogen-bond donors (Lipinski definition) is 13. The minimum absolute atomic E-state index is 0.0168. The van der Waals surface area contributed by atoms with Crippen LogP contribution in [0.5, 0.6) is 0 Å². The maximum atomic E-state index is 14.5. The zero-order valence-corrected chi connectivity index (χ0v) is 39.4. The van der Waals surface area contributed by atoms with Gasteiger partial charge in [0.2, 0.25) is 35.4 Å². The number of carboxylic acid groups (broad SMARTS) is 1. The Bertz CT molecular complexity index is 2760. The number of aromatic nitrogens is 4. The molecule has 15 N–H and O–H groups in total. The van der Waals surface area contributed by atoms with Crippen molar-refractivity contribution in [1.29, 1.82) is 0 Å². The largest absolute Gasteiger partial charge is 0.480 e. The predicted molar refractivity (Wildman–Crippen MR) is 264 cm³/mol. The second kappa shape index (κ2) is 25.1. The highest BCUT2D eigenvalue weighted by atomic mass is 16.4. The summed E-state index contributed by atoms with van der Waals surface area (Å²) in [6, 6.07) is 14.3. The number of rotatable bonds is 26. The number of aliphatic hydroxyl groups is 1. The van der Waals surface area contributed by atoms with Crippen molar-refractivity contribution in [2.45, 2.75) is 107 Å². The van der Waals surface area contributed by atoms with Crippen LogP contribution in [0.15, 0.2) is 104 Å². The van der Waals surface area contributed by atoms with Crippen LogP contribution in [0.3, 0.4) is 0 Å². The lowest BCUT2D eigenvalue weighted by Gasteiger charge is -2.27. The molecule has 6 rings (SSSR count). The molecule has 3 aromatic carbocycles. The molecule has 0 unspecified atom stereocenters. The number of para-hydroxylation sites is 2. The third-order valence-electron chi connectivity index (χ3n) is 12.1. The Balaban J connectivity index is 1.25. The fraction of sp³-hybridized carbons (Fsp3) is 0.360. The summed E-state index contributed by atoms with van der Waals surface area (Å²) in [5.41, 5.74) is 15.5. The summed E-state index contributed by atoms with van der Waals surface area (Å²) in [4.78, 5) is 110. The molecule has 0 aliphatic carbocycles. The van der Waals surface area contributed by atoms with Gasteiger partial charge >= 0.3 is 5.97 Å². The standard InChI is InChI=1S/C50H62N12O9/c1-28(57-45(65)40(21-31-24-54-36-16-8-6-14-34(31)36)61-48(68)42(23-33-26-53-27-56-33)62-49(69)43(52)29(2)63)44(64)59-41(22-32-25-55-37-17-9-7-15-35(32)37)47(67)60-39(20-30-12-4-3-5-13-30)46(66)58-38(50(70)71)18-10-11-19-51/h3-9,12-17,24-29,38-43,54-55,63H,10-11,18-23,51-52H2,1-2H3,(H,53,56)(H,57,65)(H,58,66)(H,59,64)(H,60,67)(H,61,68)(H,62,69)(H,70,71)/t28-,29+,38-,39-,40-,41-,42-,43+/m0/s1. The molecular formula is C50H62N12O9. The zero-order valence-electron chi connectivity index (χ0n) is 39.4. The van der Waals surface area contributed by atoms with Crippen LogP contribution >= 0.6 is 0 Å². The number of nitrogens with zero attached hydrogens (tertiary/aromatic N) is 1. The van der Waals surface area contributed by atoms with Gasteiger partial charge in [-0.15, -0.1) is 0 Å². The summed E-state index contributed by atoms with van der Waals surface area (Å²) >= 11 is 0. The van der Waals surface area contributed by atoms with Gasteiger partial charge in [0.25, 0.3) is 0 Å². The number of benzene rings is 3. The van der Waals surface area contributed by atoms with E-state index < -0.39 is 89.8 Å². The molecule has 21 nitrogen and oxygen atoms in total. The van der Waals surface area contributed by atoms with Gasteiger partial charge in [0, 0.05) is 71.8 Å². The number of hydrogen-bond acceptors (Lipinski definition) is 11. The number of unbranched alkanes of at least 4 members (excludes halogenated alkanes) is 1. The molecule has 0 saturated carbocycles. The summed E-state index contributed by atoms with van der Waals surface area (Å²) in [6.07, 6.45) is 5.87. The monoisotopic (exact) mass is 974 g/mol. The fourth-order valence-electron chi connectivity index (χ4n) is 8.07. The van der Waals surface area contributed by atoms with Gasteiger partial charge in [-0.25, -0.2) is 9.78 Å². The van der Waals surface area contributed by atoms with Crippen molar-refractivity contribution >= 4 is 63.2 Å². The van der Waals surface area contributed by atoms with Crippen molar-refractivity contribution in [2.75, 3.05) is 6.54 Å². The van der Waals surface area contributed by atoms with Crippen molar-refractivity contribution in [3.8, 4) is 0 Å². The Hall–Kier alpha value is -7.88. The number of aromatic amines is 3. The second-order valence-electron chi connectivity index (χ2n) is 17.5. The molecule has 6 aromatic rings. The number of fused-ring (bicyclic) bond motifs is 2. The minimum Gasteiger partial charge on any atom is -0.480 e. The summed E-state index contributed by atoms with van der Waals surface area (Å²) in [6.45, 7) is 3.08. The second-order valence-corrected chi connectivity index (χ2v) is 17.5. The van der Waals surface area contributed by atoms with E-state index in [9.17, 15) is 43.8 Å². The average molecular weight is 975 g/mol. The molecule has 0 aliphatic rings. The van der Waals surface area contributed by atoms with Crippen LogP contribution in [0.25, 0.3) is 21.8 Å². The van der Waals surface area contributed by atoms with Crippen LogP contribution in [0, 0.1) is 0 Å². The lowest BCUT2D eigenvalue weighted by atomic mass is 10.0. The Morgan fingerprint density at radius 1 is 0.577 bits per heavy atom. The van der Waals surface area contributed by atoms with Gasteiger partial charge < -0.3 is 68.5 Å². The maximum absolute atomic E-state index is 14.5. The Labute approximate surface area is 409 Å². The number of aliphatic hydroxyl groups excluding tert-OH is 1. The number of carboxylic acids is 1. The summed E-state index contributed by atoms with van der Waals surface area (Å²) < 4.78 is 0. The molecule has 3 heterocycles. The molecule has 0 bridgehead atoms. The number of H-pyrrole nitrogens is 3.